The van der Waals surface area contributed by atoms with E-state index in [9.17, 15) is 17.6 Å². The van der Waals surface area contributed by atoms with E-state index in [-0.39, 0.29) is 22.2 Å². The molecule has 8 nitrogen and oxygen atoms in total. The Labute approximate surface area is 190 Å². The lowest BCUT2D eigenvalue weighted by molar-refractivity contribution is 0.0939. The smallest absolute Gasteiger partial charge is 0.261 e. The molecule has 0 radical (unpaired) electrons. The van der Waals surface area contributed by atoms with Gasteiger partial charge in [0.1, 0.15) is 18.5 Å². The molecule has 2 N–H and O–H groups in total. The molecule has 0 fully saturated rings. The molecule has 4 rings (SSSR count). The lowest BCUT2D eigenvalue weighted by atomic mass is 10.1. The second kappa shape index (κ2) is 9.21. The van der Waals surface area contributed by atoms with E-state index in [1.54, 1.807) is 11.0 Å². The topological polar surface area (TPSA) is 106 Å². The van der Waals surface area contributed by atoms with Gasteiger partial charge in [0, 0.05) is 11.3 Å². The van der Waals surface area contributed by atoms with Crippen LogP contribution in [-0.2, 0) is 10.0 Å². The van der Waals surface area contributed by atoms with Gasteiger partial charge in [0.25, 0.3) is 15.9 Å². The van der Waals surface area contributed by atoms with Gasteiger partial charge in [-0.3, -0.25) is 9.52 Å². The first kappa shape index (κ1) is 22.2. The van der Waals surface area contributed by atoms with E-state index in [0.717, 1.165) is 23.4 Å². The second-order valence-electron chi connectivity index (χ2n) is 7.27. The average molecular weight is 466 g/mol. The van der Waals surface area contributed by atoms with Crippen molar-refractivity contribution in [3.63, 3.8) is 0 Å². The van der Waals surface area contributed by atoms with Crippen molar-refractivity contribution in [3.05, 3.63) is 102 Å². The number of hydrogen-bond acceptors (Lipinski definition) is 5. The standard InChI is InChI=1S/C23H20FN5O3S/c1-16(17-5-11-21(12-6-17)29-15-25-14-26-29)27-23(30)18-3-2-4-22(13-18)33(31,32)28-20-9-7-19(24)8-10-20/h2-16,28H,1H3,(H,27,30). The van der Waals surface area contributed by atoms with Crippen molar-refractivity contribution < 1.29 is 17.6 Å². The number of aromatic nitrogens is 3. The second-order valence-corrected chi connectivity index (χ2v) is 8.95. The Morgan fingerprint density at radius 2 is 1.76 bits per heavy atom. The number of rotatable bonds is 7. The molecule has 33 heavy (non-hydrogen) atoms. The van der Waals surface area contributed by atoms with Crippen LogP contribution in [0.1, 0.15) is 28.9 Å². The third-order valence-electron chi connectivity index (χ3n) is 4.93. The minimum absolute atomic E-state index is 0.0793. The summed E-state index contributed by atoms with van der Waals surface area (Å²) in [6.45, 7) is 1.83. The van der Waals surface area contributed by atoms with Crippen LogP contribution in [0.15, 0.2) is 90.3 Å². The van der Waals surface area contributed by atoms with Crippen molar-refractivity contribution in [2.45, 2.75) is 17.9 Å². The number of nitrogens with zero attached hydrogens (tertiary/aromatic N) is 3. The largest absolute Gasteiger partial charge is 0.346 e. The highest BCUT2D eigenvalue weighted by Gasteiger charge is 2.18. The van der Waals surface area contributed by atoms with Gasteiger partial charge in [-0.25, -0.2) is 22.5 Å². The number of hydrogen-bond donors (Lipinski definition) is 2. The van der Waals surface area contributed by atoms with E-state index >= 15 is 0 Å². The fourth-order valence-electron chi connectivity index (χ4n) is 3.16. The molecule has 0 saturated heterocycles. The van der Waals surface area contributed by atoms with Crippen molar-refractivity contribution in [1.29, 1.82) is 0 Å². The minimum atomic E-state index is -3.95. The number of anilines is 1. The number of amides is 1. The summed E-state index contributed by atoms with van der Waals surface area (Å²) in [5.41, 5.74) is 2.12. The first-order valence-electron chi connectivity index (χ1n) is 9.96. The summed E-state index contributed by atoms with van der Waals surface area (Å²) in [6, 6.07) is 17.8. The van der Waals surface area contributed by atoms with Crippen LogP contribution in [-0.4, -0.2) is 29.1 Å². The number of benzene rings is 3. The van der Waals surface area contributed by atoms with Gasteiger partial charge in [-0.05, 0) is 67.1 Å². The summed E-state index contributed by atoms with van der Waals surface area (Å²) in [5.74, 6) is -0.888. The van der Waals surface area contributed by atoms with Gasteiger partial charge in [-0.1, -0.05) is 18.2 Å². The van der Waals surface area contributed by atoms with Gasteiger partial charge in [-0.15, -0.1) is 0 Å². The Bertz CT molecular complexity index is 1360. The maximum absolute atomic E-state index is 13.1. The SMILES string of the molecule is CC(NC(=O)c1cccc(S(=O)(=O)Nc2ccc(F)cc2)c1)c1ccc(-n2cncn2)cc1. The van der Waals surface area contributed by atoms with E-state index in [1.165, 1.54) is 42.7 Å². The molecular formula is C23H20FN5O3S. The zero-order chi connectivity index (χ0) is 23.4. The van der Waals surface area contributed by atoms with Crippen molar-refractivity contribution in [2.75, 3.05) is 4.72 Å². The van der Waals surface area contributed by atoms with Crippen LogP contribution < -0.4 is 10.0 Å². The van der Waals surface area contributed by atoms with Crippen LogP contribution in [0.25, 0.3) is 5.69 Å². The fourth-order valence-corrected chi connectivity index (χ4v) is 4.26. The van der Waals surface area contributed by atoms with Crippen LogP contribution >= 0.6 is 0 Å². The summed E-state index contributed by atoms with van der Waals surface area (Å²) in [4.78, 5) is 16.6. The molecule has 3 aromatic carbocycles. The summed E-state index contributed by atoms with van der Waals surface area (Å²) in [6.07, 6.45) is 3.03. The number of halogens is 1. The zero-order valence-corrected chi connectivity index (χ0v) is 18.3. The van der Waals surface area contributed by atoms with Gasteiger partial charge in [-0.2, -0.15) is 5.10 Å². The molecule has 0 aliphatic carbocycles. The Hall–Kier alpha value is -4.05. The molecule has 1 unspecified atom stereocenters. The summed E-state index contributed by atoms with van der Waals surface area (Å²) in [7, 11) is -3.95. The van der Waals surface area contributed by atoms with Crippen LogP contribution in [0.5, 0.6) is 0 Å². The van der Waals surface area contributed by atoms with E-state index in [2.05, 4.69) is 20.1 Å². The Kier molecular flexibility index (Phi) is 6.18. The first-order valence-corrected chi connectivity index (χ1v) is 11.4. The normalized spacial score (nSPS) is 12.2. The average Bonchev–Trinajstić information content (AvgIpc) is 3.36. The van der Waals surface area contributed by atoms with Crippen LogP contribution in [0.3, 0.4) is 0 Å². The molecule has 1 amide bonds. The zero-order valence-electron chi connectivity index (χ0n) is 17.5. The summed E-state index contributed by atoms with van der Waals surface area (Å²) < 4.78 is 42.4. The molecule has 0 bridgehead atoms. The van der Waals surface area contributed by atoms with Crippen molar-refractivity contribution in [1.82, 2.24) is 20.1 Å². The van der Waals surface area contributed by atoms with E-state index in [4.69, 9.17) is 0 Å². The van der Waals surface area contributed by atoms with Gasteiger partial charge < -0.3 is 5.32 Å². The number of sulfonamides is 1. The van der Waals surface area contributed by atoms with Gasteiger partial charge in [0.15, 0.2) is 0 Å². The van der Waals surface area contributed by atoms with Crippen molar-refractivity contribution in [2.24, 2.45) is 0 Å². The molecule has 1 heterocycles. The van der Waals surface area contributed by atoms with Gasteiger partial charge in [0.05, 0.1) is 16.6 Å². The molecule has 0 spiro atoms. The highest BCUT2D eigenvalue weighted by molar-refractivity contribution is 7.92. The molecule has 10 heteroatoms. The summed E-state index contributed by atoms with van der Waals surface area (Å²) >= 11 is 0. The molecule has 0 aliphatic rings. The monoisotopic (exact) mass is 465 g/mol. The quantitative estimate of drug-likeness (QED) is 0.433. The van der Waals surface area contributed by atoms with E-state index in [0.29, 0.717) is 0 Å². The number of nitrogens with one attached hydrogen (secondary N) is 2. The van der Waals surface area contributed by atoms with Crippen molar-refractivity contribution >= 4 is 21.6 Å². The molecule has 168 valence electrons. The molecule has 0 aliphatic heterocycles. The molecular weight excluding hydrogens is 445 g/mol. The Balaban J connectivity index is 1.46. The van der Waals surface area contributed by atoms with Crippen LogP contribution in [0.4, 0.5) is 10.1 Å². The first-order chi connectivity index (χ1) is 15.8. The van der Waals surface area contributed by atoms with E-state index < -0.39 is 21.7 Å². The lowest BCUT2D eigenvalue weighted by Crippen LogP contribution is -2.27. The minimum Gasteiger partial charge on any atom is -0.346 e. The molecule has 1 atom stereocenters. The third-order valence-corrected chi connectivity index (χ3v) is 6.31. The predicted octanol–water partition coefficient (Wildman–Crippen LogP) is 3.70. The molecule has 0 saturated carbocycles. The number of carbonyl (C=O) groups is 1. The maximum Gasteiger partial charge on any atom is 0.261 e. The highest BCUT2D eigenvalue weighted by atomic mass is 32.2. The van der Waals surface area contributed by atoms with Gasteiger partial charge in [0.2, 0.25) is 0 Å². The summed E-state index contributed by atoms with van der Waals surface area (Å²) in [5, 5.41) is 6.94. The lowest BCUT2D eigenvalue weighted by Gasteiger charge is -2.15. The van der Waals surface area contributed by atoms with Crippen LogP contribution in [0.2, 0.25) is 0 Å². The fraction of sp³-hybridized carbons (Fsp3) is 0.0870. The Morgan fingerprint density at radius 1 is 1.03 bits per heavy atom. The van der Waals surface area contributed by atoms with Gasteiger partial charge >= 0.3 is 0 Å². The highest BCUT2D eigenvalue weighted by Crippen LogP contribution is 2.19. The molecule has 4 aromatic rings. The third kappa shape index (κ3) is 5.24. The van der Waals surface area contributed by atoms with E-state index in [1.807, 2.05) is 31.2 Å². The molecule has 1 aromatic heterocycles. The number of carbonyl (C=O) groups excluding carboxylic acids is 1. The maximum atomic E-state index is 13.1. The van der Waals surface area contributed by atoms with Crippen LogP contribution in [0, 0.1) is 5.82 Å². The predicted molar refractivity (Wildman–Crippen MR) is 121 cm³/mol. The van der Waals surface area contributed by atoms with Crippen molar-refractivity contribution in [3.8, 4) is 5.69 Å². The Morgan fingerprint density at radius 3 is 2.42 bits per heavy atom.